The number of hydrogen-bond donors (Lipinski definition) is 1. The minimum atomic E-state index is -1.25. The summed E-state index contributed by atoms with van der Waals surface area (Å²) < 4.78 is 10.6. The van der Waals surface area contributed by atoms with Crippen LogP contribution >= 0.6 is 0 Å². The fraction of sp³-hybridized carbons (Fsp3) is 0.826. The molecule has 2 unspecified atom stereocenters. The predicted octanol–water partition coefficient (Wildman–Crippen LogP) is 5.24. The Hall–Kier alpha value is -1.50. The molecular formula is C23H40N2O4Si. The number of nitrogens with one attached hydrogen (secondary N) is 1. The van der Waals surface area contributed by atoms with E-state index in [9.17, 15) is 9.59 Å². The maximum Gasteiger partial charge on any atom is 0.412 e. The molecule has 0 aromatic rings. The number of ether oxygens (including phenoxy) is 2. The minimum Gasteiger partial charge on any atom is -0.450 e. The second-order valence-corrected chi connectivity index (χ2v) is 17.0. The van der Waals surface area contributed by atoms with Gasteiger partial charge in [0.1, 0.15) is 0 Å². The van der Waals surface area contributed by atoms with Gasteiger partial charge in [-0.25, -0.2) is 9.59 Å². The van der Waals surface area contributed by atoms with Crippen molar-refractivity contribution >= 4 is 20.3 Å². The van der Waals surface area contributed by atoms with Gasteiger partial charge in [-0.2, -0.15) is 0 Å². The lowest BCUT2D eigenvalue weighted by atomic mass is 9.72. The molecule has 0 aliphatic heterocycles. The van der Waals surface area contributed by atoms with Gasteiger partial charge in [0.2, 0.25) is 0 Å². The van der Waals surface area contributed by atoms with Crippen molar-refractivity contribution in [1.29, 1.82) is 0 Å². The maximum atomic E-state index is 12.5. The van der Waals surface area contributed by atoms with Gasteiger partial charge in [-0.15, -0.1) is 0 Å². The molecule has 6 nitrogen and oxygen atoms in total. The van der Waals surface area contributed by atoms with Crippen LogP contribution in [0, 0.1) is 23.2 Å². The van der Waals surface area contributed by atoms with Crippen LogP contribution in [-0.2, 0) is 9.47 Å². The van der Waals surface area contributed by atoms with E-state index in [-0.39, 0.29) is 12.1 Å². The highest BCUT2D eigenvalue weighted by molar-refractivity contribution is 6.76. The Labute approximate surface area is 182 Å². The summed E-state index contributed by atoms with van der Waals surface area (Å²) in [6.45, 7) is 13.0. The van der Waals surface area contributed by atoms with Gasteiger partial charge in [-0.3, -0.25) is 0 Å². The largest absolute Gasteiger partial charge is 0.450 e. The molecule has 30 heavy (non-hydrogen) atoms. The second kappa shape index (κ2) is 8.93. The predicted molar refractivity (Wildman–Crippen MR) is 121 cm³/mol. The van der Waals surface area contributed by atoms with Gasteiger partial charge < -0.3 is 19.7 Å². The highest BCUT2D eigenvalue weighted by atomic mass is 28.3. The number of carbonyl (C=O) groups excluding carboxylic acids is 2. The molecule has 0 saturated heterocycles. The van der Waals surface area contributed by atoms with Crippen LogP contribution in [0.15, 0.2) is 12.3 Å². The van der Waals surface area contributed by atoms with Crippen LogP contribution in [0.3, 0.4) is 0 Å². The number of likely N-dealkylation sites (N-methyl/N-ethyl adjacent to an activating group) is 1. The molecule has 0 aromatic heterocycles. The zero-order valence-corrected chi connectivity index (χ0v) is 20.5. The summed E-state index contributed by atoms with van der Waals surface area (Å²) in [6.07, 6.45) is 6.71. The number of hydrogen-bond acceptors (Lipinski definition) is 4. The van der Waals surface area contributed by atoms with Crippen molar-refractivity contribution in [3.05, 3.63) is 12.3 Å². The minimum absolute atomic E-state index is 0.149. The number of rotatable bonds is 9. The Morgan fingerprint density at radius 1 is 1.20 bits per heavy atom. The monoisotopic (exact) mass is 436 g/mol. The van der Waals surface area contributed by atoms with Crippen molar-refractivity contribution in [2.24, 2.45) is 23.2 Å². The zero-order chi connectivity index (χ0) is 22.1. The third kappa shape index (κ3) is 5.80. The summed E-state index contributed by atoms with van der Waals surface area (Å²) in [4.78, 5) is 26.4. The van der Waals surface area contributed by atoms with E-state index in [1.807, 2.05) is 0 Å². The average molecular weight is 437 g/mol. The molecule has 4 saturated carbocycles. The molecule has 0 spiro atoms. The second-order valence-electron chi connectivity index (χ2n) is 11.3. The third-order valence-electron chi connectivity index (χ3n) is 7.28. The molecule has 0 aromatic carbocycles. The smallest absolute Gasteiger partial charge is 0.412 e. The standard InChI is InChI=1S/C23H40N2O4Si/c1-16(2)29-21(26)24-20(15-25(3)22(27)28-7-8-30(4,5)6)14-23-12-17-9-18(13-23)11-19(23)10-17/h17-20H,1,7-15H2,2-6H3,(H,24,26)/t17?,18?,19?,20-,23?/m0/s1. The van der Waals surface area contributed by atoms with Crippen molar-refractivity contribution in [2.75, 3.05) is 20.2 Å². The fourth-order valence-corrected chi connectivity index (χ4v) is 6.98. The first-order valence-corrected chi connectivity index (χ1v) is 15.2. The Morgan fingerprint density at radius 2 is 1.83 bits per heavy atom. The lowest BCUT2D eigenvalue weighted by Crippen LogP contribution is -2.47. The van der Waals surface area contributed by atoms with Crippen LogP contribution in [0.1, 0.15) is 45.4 Å². The maximum absolute atomic E-state index is 12.5. The molecular weight excluding hydrogens is 396 g/mol. The van der Waals surface area contributed by atoms with Gasteiger partial charge in [0, 0.05) is 21.7 Å². The number of carbonyl (C=O) groups is 2. The molecule has 1 N–H and O–H groups in total. The molecule has 7 heteroatoms. The molecule has 2 amide bonds. The summed E-state index contributed by atoms with van der Waals surface area (Å²) in [5, 5.41) is 3.01. The molecule has 3 atom stereocenters. The Balaban J connectivity index is 1.60. The van der Waals surface area contributed by atoms with Crippen molar-refractivity contribution in [2.45, 2.75) is 77.2 Å². The number of amides is 2. The van der Waals surface area contributed by atoms with Crippen molar-refractivity contribution in [3.8, 4) is 0 Å². The van der Waals surface area contributed by atoms with Gasteiger partial charge in [0.15, 0.2) is 0 Å². The first-order valence-electron chi connectivity index (χ1n) is 11.5. The number of allylic oxidation sites excluding steroid dienone is 1. The molecule has 170 valence electrons. The quantitative estimate of drug-likeness (QED) is 0.396. The van der Waals surface area contributed by atoms with Crippen molar-refractivity contribution < 1.29 is 19.1 Å². The zero-order valence-electron chi connectivity index (χ0n) is 19.5. The average Bonchev–Trinajstić information content (AvgIpc) is 2.95. The van der Waals surface area contributed by atoms with Gasteiger partial charge in [-0.05, 0) is 74.7 Å². The van der Waals surface area contributed by atoms with Crippen molar-refractivity contribution in [3.63, 3.8) is 0 Å². The summed E-state index contributed by atoms with van der Waals surface area (Å²) in [6, 6.07) is 0.803. The fourth-order valence-electron chi connectivity index (χ4n) is 6.26. The van der Waals surface area contributed by atoms with Gasteiger partial charge in [0.05, 0.1) is 18.4 Å². The molecule has 0 radical (unpaired) electrons. The van der Waals surface area contributed by atoms with E-state index >= 15 is 0 Å². The third-order valence-corrected chi connectivity index (χ3v) is 8.99. The summed E-state index contributed by atoms with van der Waals surface area (Å²) >= 11 is 0. The Morgan fingerprint density at radius 3 is 2.40 bits per heavy atom. The molecule has 4 rings (SSSR count). The highest BCUT2D eigenvalue weighted by Crippen LogP contribution is 2.67. The first kappa shape index (κ1) is 23.2. The normalized spacial score (nSPS) is 30.1. The van der Waals surface area contributed by atoms with Crippen LogP contribution in [0.4, 0.5) is 9.59 Å². The van der Waals surface area contributed by atoms with Crippen LogP contribution in [0.2, 0.25) is 25.7 Å². The summed E-state index contributed by atoms with van der Waals surface area (Å²) in [5.41, 5.74) is 0.317. The van der Waals surface area contributed by atoms with Crippen LogP contribution in [0.25, 0.3) is 0 Å². The van der Waals surface area contributed by atoms with E-state index in [1.54, 1.807) is 18.9 Å². The molecule has 4 aliphatic carbocycles. The molecule has 0 heterocycles. The lowest BCUT2D eigenvalue weighted by Gasteiger charge is -2.37. The van der Waals surface area contributed by atoms with Crippen LogP contribution < -0.4 is 5.32 Å². The van der Waals surface area contributed by atoms with Crippen LogP contribution in [0.5, 0.6) is 0 Å². The summed E-state index contributed by atoms with van der Waals surface area (Å²) in [7, 11) is 0.507. The highest BCUT2D eigenvalue weighted by Gasteiger charge is 2.57. The van der Waals surface area contributed by atoms with Crippen molar-refractivity contribution in [1.82, 2.24) is 10.2 Å². The molecule has 4 bridgehead atoms. The van der Waals surface area contributed by atoms with E-state index in [1.165, 1.54) is 32.1 Å². The Bertz CT molecular complexity index is 661. The number of alkyl carbamates (subject to hydrolysis) is 1. The van der Waals surface area contributed by atoms with E-state index in [2.05, 4.69) is 31.5 Å². The summed E-state index contributed by atoms with van der Waals surface area (Å²) in [5.74, 6) is 2.85. The molecule has 4 fully saturated rings. The van der Waals surface area contributed by atoms with E-state index in [0.29, 0.717) is 24.3 Å². The van der Waals surface area contributed by atoms with E-state index < -0.39 is 14.2 Å². The number of nitrogens with zero attached hydrogens (tertiary/aromatic N) is 1. The SMILES string of the molecule is C=C(C)OC(=O)N[C@H](CN(C)C(=O)OCC[Si](C)(C)C)CC12CC3CC(CC1C3)C2. The van der Waals surface area contributed by atoms with Crippen LogP contribution in [-0.4, -0.2) is 51.4 Å². The topological polar surface area (TPSA) is 67.9 Å². The molecule has 4 aliphatic rings. The lowest BCUT2D eigenvalue weighted by molar-refractivity contribution is 0.100. The van der Waals surface area contributed by atoms with Gasteiger partial charge in [0.25, 0.3) is 0 Å². The van der Waals surface area contributed by atoms with E-state index in [4.69, 9.17) is 9.47 Å². The van der Waals surface area contributed by atoms with E-state index in [0.717, 1.165) is 30.2 Å². The Kier molecular flexibility index (Phi) is 6.90. The van der Waals surface area contributed by atoms with Gasteiger partial charge >= 0.3 is 12.2 Å². The first-order chi connectivity index (χ1) is 14.0. The van der Waals surface area contributed by atoms with Gasteiger partial charge in [-0.1, -0.05) is 26.2 Å².